The van der Waals surface area contributed by atoms with Gasteiger partial charge in [-0.3, -0.25) is 23.5 Å². The topological polar surface area (TPSA) is 135 Å². The highest BCUT2D eigenvalue weighted by Crippen LogP contribution is 2.35. The van der Waals surface area contributed by atoms with E-state index in [1.165, 1.54) is 42.2 Å². The van der Waals surface area contributed by atoms with E-state index in [0.717, 1.165) is 15.2 Å². The molecular formula is C32H35ClF2N6O6. The van der Waals surface area contributed by atoms with Crippen LogP contribution in [-0.2, 0) is 16.1 Å². The van der Waals surface area contributed by atoms with Crippen molar-refractivity contribution in [1.29, 1.82) is 0 Å². The van der Waals surface area contributed by atoms with Crippen LogP contribution in [0, 0.1) is 5.82 Å². The van der Waals surface area contributed by atoms with E-state index >= 15 is 4.39 Å². The molecule has 1 saturated heterocycles. The van der Waals surface area contributed by atoms with Crippen LogP contribution in [0.1, 0.15) is 44.5 Å². The summed E-state index contributed by atoms with van der Waals surface area (Å²) in [5, 5.41) is 5.03. The molecule has 15 heteroatoms. The van der Waals surface area contributed by atoms with E-state index in [4.69, 9.17) is 16.3 Å². The van der Waals surface area contributed by atoms with Crippen LogP contribution in [0.2, 0.25) is 5.02 Å². The molecule has 5 rings (SSSR count). The molecule has 2 atom stereocenters. The summed E-state index contributed by atoms with van der Waals surface area (Å²) >= 11 is 6.20. The van der Waals surface area contributed by atoms with Crippen molar-refractivity contribution in [3.05, 3.63) is 79.8 Å². The number of carbonyl (C=O) groups is 3. The van der Waals surface area contributed by atoms with Crippen molar-refractivity contribution in [2.45, 2.75) is 51.5 Å². The molecule has 3 heterocycles. The number of hydrogen-bond donors (Lipinski definition) is 2. The normalized spacial score (nSPS) is 17.4. The number of aromatic nitrogens is 2. The quantitative estimate of drug-likeness (QED) is 0.375. The monoisotopic (exact) mass is 672 g/mol. The van der Waals surface area contributed by atoms with E-state index < -0.39 is 47.8 Å². The minimum absolute atomic E-state index is 0.0432. The van der Waals surface area contributed by atoms with Gasteiger partial charge in [0, 0.05) is 55.6 Å². The SMILES string of the molecule is COc1ccc2c(c1)C(F)CN(C1CCN(C(=O)Cn3cc(-c4cccc(F)c4Cl)c(=O)n([C@@H](C)CNC(C)=O)c3=O)CC1)C(=O)N2. The molecule has 2 aromatic carbocycles. The fourth-order valence-electron chi connectivity index (χ4n) is 5.97. The third kappa shape index (κ3) is 7.02. The Morgan fingerprint density at radius 2 is 1.85 bits per heavy atom. The number of urea groups is 1. The van der Waals surface area contributed by atoms with E-state index in [-0.39, 0.29) is 54.3 Å². The molecule has 4 amide bonds. The molecule has 0 radical (unpaired) electrons. The fraction of sp³-hybridized carbons (Fsp3) is 0.406. The van der Waals surface area contributed by atoms with Gasteiger partial charge in [-0.25, -0.2) is 18.4 Å². The van der Waals surface area contributed by atoms with Crippen molar-refractivity contribution in [2.75, 3.05) is 38.6 Å². The Labute approximate surface area is 273 Å². The molecule has 0 spiro atoms. The minimum Gasteiger partial charge on any atom is -0.497 e. The predicted molar refractivity (Wildman–Crippen MR) is 171 cm³/mol. The van der Waals surface area contributed by atoms with Gasteiger partial charge in [0.05, 0.1) is 30.3 Å². The van der Waals surface area contributed by atoms with Gasteiger partial charge < -0.3 is 25.2 Å². The lowest BCUT2D eigenvalue weighted by molar-refractivity contribution is -0.133. The number of rotatable bonds is 8. The third-order valence-electron chi connectivity index (χ3n) is 8.53. The number of halogens is 3. The molecule has 0 bridgehead atoms. The van der Waals surface area contributed by atoms with Crippen LogP contribution in [0.5, 0.6) is 5.75 Å². The smallest absolute Gasteiger partial charge is 0.331 e. The maximum atomic E-state index is 15.4. The number of methoxy groups -OCH3 is 1. The summed E-state index contributed by atoms with van der Waals surface area (Å²) in [5.41, 5.74) is -0.907. The number of amides is 4. The average Bonchev–Trinajstić information content (AvgIpc) is 3.17. The Morgan fingerprint density at radius 3 is 2.53 bits per heavy atom. The highest BCUT2D eigenvalue weighted by atomic mass is 35.5. The molecule has 1 aromatic heterocycles. The third-order valence-corrected chi connectivity index (χ3v) is 8.92. The molecule has 2 N–H and O–H groups in total. The number of piperidine rings is 1. The Morgan fingerprint density at radius 1 is 1.13 bits per heavy atom. The van der Waals surface area contributed by atoms with Crippen LogP contribution in [0.4, 0.5) is 19.3 Å². The molecule has 1 fully saturated rings. The minimum atomic E-state index is -1.45. The van der Waals surface area contributed by atoms with Crippen LogP contribution in [0.15, 0.2) is 52.2 Å². The first kappa shape index (κ1) is 33.6. The Hall–Kier alpha value is -4.72. The van der Waals surface area contributed by atoms with E-state index in [1.54, 1.807) is 25.1 Å². The number of fused-ring (bicyclic) bond motifs is 1. The van der Waals surface area contributed by atoms with Crippen LogP contribution in [0.25, 0.3) is 11.1 Å². The Kier molecular flexibility index (Phi) is 9.99. The lowest BCUT2D eigenvalue weighted by atomic mass is 10.0. The molecule has 47 heavy (non-hydrogen) atoms. The van der Waals surface area contributed by atoms with Gasteiger partial charge in [0.15, 0.2) is 0 Å². The number of alkyl halides is 1. The van der Waals surface area contributed by atoms with Crippen molar-refractivity contribution >= 4 is 35.1 Å². The van der Waals surface area contributed by atoms with Gasteiger partial charge in [-0.15, -0.1) is 0 Å². The second kappa shape index (κ2) is 14.0. The van der Waals surface area contributed by atoms with Gasteiger partial charge in [0.2, 0.25) is 11.8 Å². The fourth-order valence-corrected chi connectivity index (χ4v) is 6.20. The highest BCUT2D eigenvalue weighted by molar-refractivity contribution is 6.33. The summed E-state index contributed by atoms with van der Waals surface area (Å²) in [6.07, 6.45) is 0.484. The predicted octanol–water partition coefficient (Wildman–Crippen LogP) is 3.72. The maximum absolute atomic E-state index is 15.4. The number of ether oxygens (including phenoxy) is 1. The van der Waals surface area contributed by atoms with Gasteiger partial charge in [-0.05, 0) is 44.0 Å². The largest absolute Gasteiger partial charge is 0.497 e. The van der Waals surface area contributed by atoms with Crippen LogP contribution < -0.4 is 26.6 Å². The number of hydrogen-bond acceptors (Lipinski definition) is 6. The Balaban J connectivity index is 1.35. The van der Waals surface area contributed by atoms with E-state index in [0.29, 0.717) is 29.8 Å². The number of benzene rings is 2. The molecular weight excluding hydrogens is 638 g/mol. The summed E-state index contributed by atoms with van der Waals surface area (Å²) in [4.78, 5) is 68.2. The number of carbonyl (C=O) groups excluding carboxylic acids is 3. The zero-order chi connectivity index (χ0) is 34.0. The summed E-state index contributed by atoms with van der Waals surface area (Å²) in [6.45, 7) is 2.68. The highest BCUT2D eigenvalue weighted by Gasteiger charge is 2.35. The summed E-state index contributed by atoms with van der Waals surface area (Å²) in [6, 6.07) is 7.15. The molecule has 2 aliphatic rings. The van der Waals surface area contributed by atoms with Crippen LogP contribution in [0.3, 0.4) is 0 Å². The van der Waals surface area contributed by atoms with Crippen LogP contribution >= 0.6 is 11.6 Å². The first-order chi connectivity index (χ1) is 22.4. The zero-order valence-electron chi connectivity index (χ0n) is 26.1. The zero-order valence-corrected chi connectivity index (χ0v) is 26.9. The first-order valence-corrected chi connectivity index (χ1v) is 15.5. The first-order valence-electron chi connectivity index (χ1n) is 15.1. The maximum Gasteiger partial charge on any atom is 0.331 e. The molecule has 0 saturated carbocycles. The standard InChI is InChI=1S/C32H35ClF2N6O6/c1-18(14-36-19(2)42)41-30(44)24(22-5-4-6-25(34)29(22)33)15-39(32(41)46)17-28(43)38-11-9-20(10-12-38)40-16-26(35)23-13-21(47-3)7-8-27(23)37-31(40)45/h4-8,13,15,18,20,26H,9-12,14,16-17H2,1-3H3,(H,36,42)(H,37,45)/t18-,26?/m0/s1. The van der Waals surface area contributed by atoms with Crippen molar-refractivity contribution < 1.29 is 27.9 Å². The number of nitrogens with one attached hydrogen (secondary N) is 2. The molecule has 12 nitrogen and oxygen atoms in total. The summed E-state index contributed by atoms with van der Waals surface area (Å²) < 4.78 is 36.9. The molecule has 1 unspecified atom stereocenters. The van der Waals surface area contributed by atoms with Gasteiger partial charge in [0.25, 0.3) is 5.56 Å². The molecule has 3 aromatic rings. The summed E-state index contributed by atoms with van der Waals surface area (Å²) in [7, 11) is 1.48. The van der Waals surface area contributed by atoms with Crippen molar-refractivity contribution in [3.63, 3.8) is 0 Å². The second-order valence-corrected chi connectivity index (χ2v) is 12.0. The molecule has 250 valence electrons. The molecule has 2 aliphatic heterocycles. The molecule has 0 aliphatic carbocycles. The van der Waals surface area contributed by atoms with E-state index in [9.17, 15) is 28.4 Å². The van der Waals surface area contributed by atoms with Gasteiger partial charge >= 0.3 is 11.7 Å². The second-order valence-electron chi connectivity index (χ2n) is 11.6. The lowest BCUT2D eigenvalue weighted by Crippen LogP contribution is -2.51. The van der Waals surface area contributed by atoms with Crippen LogP contribution in [-0.4, -0.2) is 76.1 Å². The van der Waals surface area contributed by atoms with Crippen molar-refractivity contribution in [1.82, 2.24) is 24.3 Å². The average molecular weight is 673 g/mol. The van der Waals surface area contributed by atoms with Gasteiger partial charge in [-0.2, -0.15) is 0 Å². The van der Waals surface area contributed by atoms with Crippen molar-refractivity contribution in [2.24, 2.45) is 0 Å². The van der Waals surface area contributed by atoms with Gasteiger partial charge in [0.1, 0.15) is 24.3 Å². The Bertz CT molecular complexity index is 1820. The number of likely N-dealkylation sites (tertiary alicyclic amines) is 1. The number of anilines is 1. The van der Waals surface area contributed by atoms with Gasteiger partial charge in [-0.1, -0.05) is 23.7 Å². The van der Waals surface area contributed by atoms with E-state index in [2.05, 4.69) is 10.6 Å². The number of nitrogens with zero attached hydrogens (tertiary/aromatic N) is 4. The lowest BCUT2D eigenvalue weighted by Gasteiger charge is -2.38. The van der Waals surface area contributed by atoms with E-state index in [1.807, 2.05) is 0 Å². The summed E-state index contributed by atoms with van der Waals surface area (Å²) in [5.74, 6) is -1.08. The van der Waals surface area contributed by atoms with Crippen molar-refractivity contribution in [3.8, 4) is 16.9 Å².